The van der Waals surface area contributed by atoms with Gasteiger partial charge in [0.25, 0.3) is 0 Å². The molecule has 2 aromatic carbocycles. The summed E-state index contributed by atoms with van der Waals surface area (Å²) in [5.74, 6) is -0.0965. The normalized spacial score (nSPS) is 27.3. The molecule has 2 aliphatic carbocycles. The SMILES string of the molecule is CC1CCC(C2CCC(c3ccc(-c4cc(F)c(C(F)(F)F)c(F)c4)cc3)CC2)CC1. The molecule has 0 radical (unpaired) electrons. The van der Waals surface area contributed by atoms with Gasteiger partial charge in [0.05, 0.1) is 0 Å². The van der Waals surface area contributed by atoms with Crippen LogP contribution in [0.4, 0.5) is 22.0 Å². The van der Waals surface area contributed by atoms with Crippen molar-refractivity contribution in [3.63, 3.8) is 0 Å². The van der Waals surface area contributed by atoms with E-state index in [4.69, 9.17) is 0 Å². The molecule has 0 unspecified atom stereocenters. The Morgan fingerprint density at radius 1 is 0.677 bits per heavy atom. The Balaban J connectivity index is 1.41. The van der Waals surface area contributed by atoms with Crippen LogP contribution in [0.25, 0.3) is 11.1 Å². The summed E-state index contributed by atoms with van der Waals surface area (Å²) in [6.07, 6.45) is 5.21. The number of rotatable bonds is 3. The lowest BCUT2D eigenvalue weighted by Gasteiger charge is -2.37. The summed E-state index contributed by atoms with van der Waals surface area (Å²) in [7, 11) is 0. The van der Waals surface area contributed by atoms with Gasteiger partial charge in [-0.25, -0.2) is 8.78 Å². The van der Waals surface area contributed by atoms with Crippen LogP contribution in [0.1, 0.15) is 75.3 Å². The maximum Gasteiger partial charge on any atom is 0.422 e. The Morgan fingerprint density at radius 3 is 1.65 bits per heavy atom. The van der Waals surface area contributed by atoms with Crippen molar-refractivity contribution in [2.45, 2.75) is 70.4 Å². The third-order valence-corrected chi connectivity index (χ3v) is 7.54. The molecule has 0 nitrogen and oxygen atoms in total. The summed E-state index contributed by atoms with van der Waals surface area (Å²) in [5.41, 5.74) is -0.00514. The fraction of sp³-hybridized carbons (Fsp3) is 0.538. The van der Waals surface area contributed by atoms with E-state index >= 15 is 0 Å². The molecule has 0 aromatic heterocycles. The summed E-state index contributed by atoms with van der Waals surface area (Å²) in [6.45, 7) is 2.35. The molecular formula is C26H29F5. The van der Waals surface area contributed by atoms with Gasteiger partial charge < -0.3 is 0 Å². The van der Waals surface area contributed by atoms with Crippen molar-refractivity contribution in [1.29, 1.82) is 0 Å². The van der Waals surface area contributed by atoms with Crippen molar-refractivity contribution in [2.75, 3.05) is 0 Å². The minimum absolute atomic E-state index is 0.116. The van der Waals surface area contributed by atoms with Crippen molar-refractivity contribution in [3.8, 4) is 11.1 Å². The van der Waals surface area contributed by atoms with Crippen LogP contribution in [0.2, 0.25) is 0 Å². The summed E-state index contributed by atoms with van der Waals surface area (Å²) < 4.78 is 66.2. The van der Waals surface area contributed by atoms with Crippen LogP contribution < -0.4 is 0 Å². The first-order valence-electron chi connectivity index (χ1n) is 11.4. The van der Waals surface area contributed by atoms with Crippen molar-refractivity contribution in [1.82, 2.24) is 0 Å². The maximum absolute atomic E-state index is 13.9. The zero-order valence-electron chi connectivity index (χ0n) is 17.8. The molecule has 168 valence electrons. The van der Waals surface area contributed by atoms with Gasteiger partial charge in [-0.15, -0.1) is 0 Å². The minimum atomic E-state index is -5.05. The molecular weight excluding hydrogens is 407 g/mol. The van der Waals surface area contributed by atoms with Crippen LogP contribution in [-0.2, 0) is 6.18 Å². The molecule has 2 aromatic rings. The molecule has 0 bridgehead atoms. The predicted octanol–water partition coefficient (Wildman–Crippen LogP) is 8.75. The lowest BCUT2D eigenvalue weighted by atomic mass is 9.68. The van der Waals surface area contributed by atoms with Gasteiger partial charge in [0, 0.05) is 0 Å². The smallest absolute Gasteiger partial charge is 0.206 e. The third kappa shape index (κ3) is 4.96. The highest BCUT2D eigenvalue weighted by Gasteiger charge is 2.38. The molecule has 0 N–H and O–H groups in total. The average Bonchev–Trinajstić information content (AvgIpc) is 2.73. The number of halogens is 5. The highest BCUT2D eigenvalue weighted by atomic mass is 19.4. The van der Waals surface area contributed by atoms with Gasteiger partial charge >= 0.3 is 6.18 Å². The molecule has 0 heterocycles. The van der Waals surface area contributed by atoms with E-state index in [0.29, 0.717) is 11.5 Å². The molecule has 0 atom stereocenters. The average molecular weight is 437 g/mol. The minimum Gasteiger partial charge on any atom is -0.206 e. The van der Waals surface area contributed by atoms with Gasteiger partial charge in [-0.2, -0.15) is 13.2 Å². The first kappa shape index (κ1) is 22.3. The van der Waals surface area contributed by atoms with E-state index < -0.39 is 23.4 Å². The first-order chi connectivity index (χ1) is 14.7. The summed E-state index contributed by atoms with van der Waals surface area (Å²) in [5, 5.41) is 0. The van der Waals surface area contributed by atoms with Crippen LogP contribution in [0, 0.1) is 29.4 Å². The highest BCUT2D eigenvalue weighted by Crippen LogP contribution is 2.44. The van der Waals surface area contributed by atoms with E-state index in [2.05, 4.69) is 6.92 Å². The fourth-order valence-corrected chi connectivity index (χ4v) is 5.64. The molecule has 0 aliphatic heterocycles. The van der Waals surface area contributed by atoms with Crippen molar-refractivity contribution >= 4 is 0 Å². The van der Waals surface area contributed by atoms with E-state index in [0.717, 1.165) is 42.7 Å². The lowest BCUT2D eigenvalue weighted by Crippen LogP contribution is -2.24. The van der Waals surface area contributed by atoms with Gasteiger partial charge in [-0.05, 0) is 91.0 Å². The van der Waals surface area contributed by atoms with E-state index in [1.54, 1.807) is 12.1 Å². The standard InChI is InChI=1S/C26H29F5/c1-16-2-4-17(5-3-16)18-6-8-19(9-7-18)20-10-12-21(13-11-20)22-14-23(27)25(24(28)15-22)26(29,30)31/h10-19H,2-9H2,1H3. The van der Waals surface area contributed by atoms with E-state index in [1.165, 1.54) is 44.1 Å². The van der Waals surface area contributed by atoms with Crippen molar-refractivity contribution in [2.24, 2.45) is 17.8 Å². The van der Waals surface area contributed by atoms with Crippen molar-refractivity contribution in [3.05, 3.63) is 59.2 Å². The molecule has 2 fully saturated rings. The Labute approximate surface area is 180 Å². The third-order valence-electron chi connectivity index (χ3n) is 7.54. The Hall–Kier alpha value is -1.91. The second-order valence-corrected chi connectivity index (χ2v) is 9.57. The van der Waals surface area contributed by atoms with Crippen LogP contribution in [0.5, 0.6) is 0 Å². The molecule has 0 spiro atoms. The molecule has 0 amide bonds. The Morgan fingerprint density at radius 2 is 1.16 bits per heavy atom. The molecule has 0 saturated heterocycles. The predicted molar refractivity (Wildman–Crippen MR) is 113 cm³/mol. The molecule has 2 aliphatic rings. The van der Waals surface area contributed by atoms with E-state index in [-0.39, 0.29) is 5.56 Å². The van der Waals surface area contributed by atoms with E-state index in [1.807, 2.05) is 12.1 Å². The number of hydrogen-bond acceptors (Lipinski definition) is 0. The van der Waals surface area contributed by atoms with Gasteiger partial charge in [-0.1, -0.05) is 44.0 Å². The topological polar surface area (TPSA) is 0 Å². The van der Waals surface area contributed by atoms with Crippen LogP contribution >= 0.6 is 0 Å². The second-order valence-electron chi connectivity index (χ2n) is 9.57. The Bertz CT molecular complexity index is 860. The maximum atomic E-state index is 13.9. The molecule has 31 heavy (non-hydrogen) atoms. The van der Waals surface area contributed by atoms with Gasteiger partial charge in [0.2, 0.25) is 0 Å². The number of alkyl halides is 3. The molecule has 2 saturated carbocycles. The monoisotopic (exact) mass is 436 g/mol. The summed E-state index contributed by atoms with van der Waals surface area (Å²) in [4.78, 5) is 0. The van der Waals surface area contributed by atoms with Crippen LogP contribution in [0.3, 0.4) is 0 Å². The first-order valence-corrected chi connectivity index (χ1v) is 11.4. The van der Waals surface area contributed by atoms with Crippen LogP contribution in [-0.4, -0.2) is 0 Å². The van der Waals surface area contributed by atoms with Crippen LogP contribution in [0.15, 0.2) is 36.4 Å². The van der Waals surface area contributed by atoms with Gasteiger partial charge in [-0.3, -0.25) is 0 Å². The number of hydrogen-bond donors (Lipinski definition) is 0. The quantitative estimate of drug-likeness (QED) is 0.422. The Kier molecular flexibility index (Phi) is 6.41. The zero-order valence-corrected chi connectivity index (χ0v) is 17.8. The van der Waals surface area contributed by atoms with E-state index in [9.17, 15) is 22.0 Å². The fourth-order valence-electron chi connectivity index (χ4n) is 5.64. The van der Waals surface area contributed by atoms with Gasteiger partial charge in [0.15, 0.2) is 0 Å². The zero-order chi connectivity index (χ0) is 22.2. The largest absolute Gasteiger partial charge is 0.422 e. The summed E-state index contributed by atoms with van der Waals surface area (Å²) >= 11 is 0. The second kappa shape index (κ2) is 8.91. The summed E-state index contributed by atoms with van der Waals surface area (Å²) in [6, 6.07) is 8.94. The highest BCUT2D eigenvalue weighted by molar-refractivity contribution is 5.64. The van der Waals surface area contributed by atoms with Crippen molar-refractivity contribution < 1.29 is 22.0 Å². The van der Waals surface area contributed by atoms with Gasteiger partial charge in [0.1, 0.15) is 17.2 Å². The number of benzene rings is 2. The molecule has 5 heteroatoms. The molecule has 4 rings (SSSR count). The lowest BCUT2D eigenvalue weighted by molar-refractivity contribution is -0.142.